The monoisotopic (exact) mass is 499 g/mol. The number of rotatable bonds is 4. The Hall–Kier alpha value is -3.50. The molecule has 2 N–H and O–H groups in total. The number of fused-ring (bicyclic) bond motifs is 3. The lowest BCUT2D eigenvalue weighted by molar-refractivity contribution is 0.0662. The number of likely N-dealkylation sites (N-methyl/N-ethyl adjacent to an activating group) is 1. The van der Waals surface area contributed by atoms with Crippen LogP contribution in [0.1, 0.15) is 31.7 Å². The van der Waals surface area contributed by atoms with Gasteiger partial charge in [0.2, 0.25) is 0 Å². The van der Waals surface area contributed by atoms with Crippen molar-refractivity contribution in [2.75, 3.05) is 44.0 Å². The summed E-state index contributed by atoms with van der Waals surface area (Å²) >= 11 is 0. The normalized spacial score (nSPS) is 22.8. The third-order valence-electron chi connectivity index (χ3n) is 8.54. The molecule has 6 heterocycles. The fraction of sp³-hybridized carbons (Fsp3) is 0.481. The largest absolute Gasteiger partial charge is 0.382 e. The van der Waals surface area contributed by atoms with Crippen molar-refractivity contribution in [2.45, 2.75) is 43.8 Å². The molecule has 0 radical (unpaired) electrons. The summed E-state index contributed by atoms with van der Waals surface area (Å²) in [6.07, 6.45) is 10.1. The number of para-hydroxylation sites is 1. The van der Waals surface area contributed by atoms with Crippen molar-refractivity contribution >= 4 is 22.5 Å². The fourth-order valence-electron chi connectivity index (χ4n) is 6.35. The molecule has 7 rings (SSSR count). The summed E-state index contributed by atoms with van der Waals surface area (Å²) in [5.41, 5.74) is 11.9. The van der Waals surface area contributed by atoms with Crippen LogP contribution in [0.15, 0.2) is 36.8 Å². The quantitative estimate of drug-likeness (QED) is 0.457. The molecule has 0 aliphatic carbocycles. The molecule has 0 spiro atoms. The molecule has 192 valence electrons. The lowest BCUT2D eigenvalue weighted by atomic mass is 10.1. The van der Waals surface area contributed by atoms with Gasteiger partial charge in [0.25, 0.3) is 0 Å². The molecule has 3 saturated heterocycles. The second-order valence-electron chi connectivity index (χ2n) is 10.6. The van der Waals surface area contributed by atoms with Crippen molar-refractivity contribution < 1.29 is 4.74 Å². The molecular weight excluding hydrogens is 466 g/mol. The summed E-state index contributed by atoms with van der Waals surface area (Å²) in [6, 6.07) is 7.97. The lowest BCUT2D eigenvalue weighted by Gasteiger charge is -2.40. The Morgan fingerprint density at radius 2 is 1.73 bits per heavy atom. The van der Waals surface area contributed by atoms with Crippen LogP contribution in [0, 0.1) is 0 Å². The molecule has 0 saturated carbocycles. The SMILES string of the molecule is CN1C2CCC1CN(c1cccc3nc(-c4nc(-c5cnn(C6CCOCC6)c5)cnc4N)n(C)c13)C2. The van der Waals surface area contributed by atoms with E-state index in [-0.39, 0.29) is 0 Å². The summed E-state index contributed by atoms with van der Waals surface area (Å²) in [7, 11) is 4.32. The molecule has 2 bridgehead atoms. The summed E-state index contributed by atoms with van der Waals surface area (Å²) in [5, 5.41) is 4.61. The molecule has 3 fully saturated rings. The van der Waals surface area contributed by atoms with Gasteiger partial charge in [0.1, 0.15) is 5.69 Å². The number of ether oxygens (including phenoxy) is 1. The maximum atomic E-state index is 6.38. The minimum Gasteiger partial charge on any atom is -0.382 e. The number of nitrogens with zero attached hydrogens (tertiary/aromatic N) is 8. The number of nitrogen functional groups attached to an aromatic ring is 1. The Bertz CT molecular complexity index is 1440. The molecule has 2 atom stereocenters. The zero-order valence-corrected chi connectivity index (χ0v) is 21.4. The van der Waals surface area contributed by atoms with E-state index in [0.717, 1.165) is 67.3 Å². The van der Waals surface area contributed by atoms with E-state index in [1.54, 1.807) is 6.20 Å². The van der Waals surface area contributed by atoms with Gasteiger partial charge in [0.05, 0.1) is 40.9 Å². The van der Waals surface area contributed by atoms with Gasteiger partial charge >= 0.3 is 0 Å². The van der Waals surface area contributed by atoms with Gasteiger partial charge in [0, 0.05) is 57.2 Å². The first-order valence-electron chi connectivity index (χ1n) is 13.2. The van der Waals surface area contributed by atoms with Crippen LogP contribution in [0.5, 0.6) is 0 Å². The third-order valence-corrected chi connectivity index (χ3v) is 8.54. The van der Waals surface area contributed by atoms with Crippen molar-refractivity contribution in [3.05, 3.63) is 36.8 Å². The van der Waals surface area contributed by atoms with Gasteiger partial charge in [-0.25, -0.2) is 15.0 Å². The summed E-state index contributed by atoms with van der Waals surface area (Å²) in [5.74, 6) is 1.10. The zero-order valence-electron chi connectivity index (χ0n) is 21.4. The molecule has 10 nitrogen and oxygen atoms in total. The Kier molecular flexibility index (Phi) is 5.40. The number of aromatic nitrogens is 6. The number of piperazine rings is 1. The van der Waals surface area contributed by atoms with Crippen molar-refractivity contribution in [3.8, 4) is 22.8 Å². The van der Waals surface area contributed by atoms with Crippen molar-refractivity contribution in [2.24, 2.45) is 7.05 Å². The summed E-state index contributed by atoms with van der Waals surface area (Å²) in [4.78, 5) is 19.5. The van der Waals surface area contributed by atoms with Gasteiger partial charge in [-0.05, 0) is 44.9 Å². The molecule has 4 aromatic rings. The van der Waals surface area contributed by atoms with Gasteiger partial charge in [0.15, 0.2) is 11.6 Å². The average molecular weight is 500 g/mol. The molecule has 37 heavy (non-hydrogen) atoms. The van der Waals surface area contributed by atoms with Crippen LogP contribution in [-0.4, -0.2) is 79.6 Å². The van der Waals surface area contributed by atoms with E-state index in [2.05, 4.69) is 62.9 Å². The van der Waals surface area contributed by atoms with E-state index in [4.69, 9.17) is 20.4 Å². The number of hydrogen-bond acceptors (Lipinski definition) is 8. The van der Waals surface area contributed by atoms with E-state index in [1.807, 2.05) is 10.9 Å². The lowest BCUT2D eigenvalue weighted by Crippen LogP contribution is -2.52. The van der Waals surface area contributed by atoms with Crippen LogP contribution in [0.2, 0.25) is 0 Å². The van der Waals surface area contributed by atoms with E-state index in [1.165, 1.54) is 18.5 Å². The molecule has 10 heteroatoms. The van der Waals surface area contributed by atoms with Crippen molar-refractivity contribution in [1.29, 1.82) is 0 Å². The predicted octanol–water partition coefficient (Wildman–Crippen LogP) is 3.11. The molecule has 3 aliphatic heterocycles. The van der Waals surface area contributed by atoms with E-state index < -0.39 is 0 Å². The van der Waals surface area contributed by atoms with Crippen LogP contribution in [0.4, 0.5) is 11.5 Å². The highest BCUT2D eigenvalue weighted by molar-refractivity contribution is 5.92. The smallest absolute Gasteiger partial charge is 0.163 e. The minimum absolute atomic E-state index is 0.354. The fourth-order valence-corrected chi connectivity index (χ4v) is 6.35. The number of aryl methyl sites for hydroxylation is 1. The van der Waals surface area contributed by atoms with Crippen LogP contribution >= 0.6 is 0 Å². The second kappa shape index (κ2) is 8.81. The highest BCUT2D eigenvalue weighted by atomic mass is 16.5. The van der Waals surface area contributed by atoms with Crippen LogP contribution < -0.4 is 10.6 Å². The standard InChI is InChI=1S/C27H33N9O/c1-33-19-6-7-20(33)16-35(15-19)23-5-3-4-21-25(23)34(2)27(32-21)24-26(28)29-13-22(31-24)17-12-30-36(14-17)18-8-10-37-11-9-18/h3-5,12-14,18-20H,6-11,15-16H2,1-2H3,(H2,28,29). The van der Waals surface area contributed by atoms with Crippen LogP contribution in [-0.2, 0) is 11.8 Å². The predicted molar refractivity (Wildman–Crippen MR) is 143 cm³/mol. The zero-order chi connectivity index (χ0) is 25.1. The topological polar surface area (TPSA) is 103 Å². The minimum atomic E-state index is 0.354. The summed E-state index contributed by atoms with van der Waals surface area (Å²) < 4.78 is 9.65. The molecule has 1 aromatic carbocycles. The first-order chi connectivity index (χ1) is 18.1. The second-order valence-corrected chi connectivity index (χ2v) is 10.6. The molecule has 0 amide bonds. The molecule has 3 aromatic heterocycles. The number of benzene rings is 1. The Balaban J connectivity index is 1.25. The first-order valence-corrected chi connectivity index (χ1v) is 13.2. The first kappa shape index (κ1) is 22.7. The van der Waals surface area contributed by atoms with E-state index >= 15 is 0 Å². The maximum absolute atomic E-state index is 6.38. The van der Waals surface area contributed by atoms with E-state index in [0.29, 0.717) is 29.6 Å². The van der Waals surface area contributed by atoms with E-state index in [9.17, 15) is 0 Å². The number of imidazole rings is 1. The van der Waals surface area contributed by atoms with Gasteiger partial charge < -0.3 is 19.9 Å². The van der Waals surface area contributed by atoms with Crippen LogP contribution in [0.25, 0.3) is 33.8 Å². The van der Waals surface area contributed by atoms with Gasteiger partial charge in [-0.1, -0.05) is 6.07 Å². The molecule has 2 unspecified atom stereocenters. The Labute approximate surface area is 216 Å². The number of nitrogens with two attached hydrogens (primary N) is 1. The van der Waals surface area contributed by atoms with Crippen LogP contribution in [0.3, 0.4) is 0 Å². The Morgan fingerprint density at radius 3 is 2.51 bits per heavy atom. The third kappa shape index (κ3) is 3.77. The maximum Gasteiger partial charge on any atom is 0.163 e. The summed E-state index contributed by atoms with van der Waals surface area (Å²) in [6.45, 7) is 3.63. The highest BCUT2D eigenvalue weighted by Gasteiger charge is 2.38. The Morgan fingerprint density at radius 1 is 0.946 bits per heavy atom. The van der Waals surface area contributed by atoms with Gasteiger partial charge in [-0.15, -0.1) is 0 Å². The van der Waals surface area contributed by atoms with Gasteiger partial charge in [-0.2, -0.15) is 5.10 Å². The average Bonchev–Trinajstić information content (AvgIpc) is 3.59. The molecule has 3 aliphatic rings. The number of hydrogen-bond donors (Lipinski definition) is 1. The van der Waals surface area contributed by atoms with Gasteiger partial charge in [-0.3, -0.25) is 9.58 Å². The number of anilines is 2. The van der Waals surface area contributed by atoms with Crippen molar-refractivity contribution in [3.63, 3.8) is 0 Å². The molecular formula is C27H33N9O. The van der Waals surface area contributed by atoms with Crippen molar-refractivity contribution in [1.82, 2.24) is 34.2 Å². The highest BCUT2D eigenvalue weighted by Crippen LogP contribution is 2.37.